The van der Waals surface area contributed by atoms with Crippen molar-refractivity contribution in [1.82, 2.24) is 25.8 Å². The fourth-order valence-corrected chi connectivity index (χ4v) is 4.93. The van der Waals surface area contributed by atoms with E-state index >= 15 is 0 Å². The number of rotatable bonds is 8. The van der Waals surface area contributed by atoms with Crippen molar-refractivity contribution in [2.24, 2.45) is 5.92 Å². The zero-order chi connectivity index (χ0) is 27.7. The normalized spacial score (nSPS) is 22.7. The Labute approximate surface area is 225 Å². The third kappa shape index (κ3) is 8.44. The number of fused-ring (bicyclic) bond motifs is 2. The molecular weight excluding hydrogens is 486 g/mol. The highest BCUT2D eigenvalue weighted by Crippen LogP contribution is 2.24. The monoisotopic (exact) mass is 529 g/mol. The number of benzene rings is 1. The molecule has 3 N–H and O–H groups in total. The van der Waals surface area contributed by atoms with E-state index in [1.54, 1.807) is 29.2 Å². The molecule has 4 amide bonds. The second-order valence-corrected chi connectivity index (χ2v) is 10.9. The maximum Gasteiger partial charge on any atom is 0.255 e. The van der Waals surface area contributed by atoms with E-state index in [2.05, 4.69) is 20.9 Å². The van der Waals surface area contributed by atoms with E-state index in [1.807, 2.05) is 27.9 Å². The smallest absolute Gasteiger partial charge is 0.255 e. The van der Waals surface area contributed by atoms with Gasteiger partial charge in [-0.3, -0.25) is 19.2 Å². The SMILES string of the molecule is CC(C)C[C@@H]1NC(=O)C[C@@H](C(=O)NCCCCN(C)C)NC(=O)c2ccccc2OC[C@H]2CCCN2C1=O. The third-order valence-electron chi connectivity index (χ3n) is 6.91. The van der Waals surface area contributed by atoms with Crippen molar-refractivity contribution < 1.29 is 23.9 Å². The van der Waals surface area contributed by atoms with E-state index < -0.39 is 29.8 Å². The van der Waals surface area contributed by atoms with Crippen molar-refractivity contribution in [2.45, 2.75) is 70.5 Å². The summed E-state index contributed by atoms with van der Waals surface area (Å²) in [4.78, 5) is 56.9. The van der Waals surface area contributed by atoms with E-state index in [4.69, 9.17) is 4.74 Å². The summed E-state index contributed by atoms with van der Waals surface area (Å²) >= 11 is 0. The highest BCUT2D eigenvalue weighted by molar-refractivity contribution is 6.01. The molecule has 1 fully saturated rings. The molecule has 38 heavy (non-hydrogen) atoms. The van der Waals surface area contributed by atoms with Gasteiger partial charge in [0.15, 0.2) is 0 Å². The summed E-state index contributed by atoms with van der Waals surface area (Å²) in [5.74, 6) is -0.948. The molecule has 1 aromatic carbocycles. The van der Waals surface area contributed by atoms with Gasteiger partial charge < -0.3 is 30.5 Å². The van der Waals surface area contributed by atoms with Gasteiger partial charge in [0, 0.05) is 13.1 Å². The Morgan fingerprint density at radius 2 is 1.92 bits per heavy atom. The average Bonchev–Trinajstić information content (AvgIpc) is 3.33. The maximum absolute atomic E-state index is 13.5. The first-order valence-electron chi connectivity index (χ1n) is 13.7. The number of para-hydroxylation sites is 1. The standard InChI is InChI=1S/C28H43N5O5/c1-19(2)16-23-28(37)33-15-9-10-20(33)18-38-24-12-6-5-11-21(24)26(35)31-22(17-25(34)30-23)27(36)29-13-7-8-14-32(3)4/h5-6,11-12,19-20,22-23H,7-10,13-18H2,1-4H3,(H,29,36)(H,30,34)(H,31,35)/t20-,22+,23+/m1/s1. The van der Waals surface area contributed by atoms with Gasteiger partial charge in [-0.1, -0.05) is 26.0 Å². The number of nitrogens with one attached hydrogen (secondary N) is 3. The Bertz CT molecular complexity index is 982. The molecule has 0 spiro atoms. The van der Waals surface area contributed by atoms with Crippen LogP contribution in [0.4, 0.5) is 0 Å². The Morgan fingerprint density at radius 3 is 2.66 bits per heavy atom. The number of nitrogens with zero attached hydrogens (tertiary/aromatic N) is 2. The fraction of sp³-hybridized carbons (Fsp3) is 0.643. The lowest BCUT2D eigenvalue weighted by Crippen LogP contribution is -2.54. The highest BCUT2D eigenvalue weighted by atomic mass is 16.5. The molecule has 0 bridgehead atoms. The minimum Gasteiger partial charge on any atom is -0.491 e. The van der Waals surface area contributed by atoms with Crippen LogP contribution in [0.5, 0.6) is 5.75 Å². The second kappa shape index (κ2) is 14.1. The number of hydrogen-bond acceptors (Lipinski definition) is 6. The van der Waals surface area contributed by atoms with Gasteiger partial charge in [-0.25, -0.2) is 0 Å². The van der Waals surface area contributed by atoms with E-state index in [0.29, 0.717) is 25.3 Å². The summed E-state index contributed by atoms with van der Waals surface area (Å²) < 4.78 is 6.06. The molecular formula is C28H43N5O5. The summed E-state index contributed by atoms with van der Waals surface area (Å²) in [5, 5.41) is 8.45. The predicted octanol–water partition coefficient (Wildman–Crippen LogP) is 1.55. The van der Waals surface area contributed by atoms with Gasteiger partial charge in [0.05, 0.1) is 18.0 Å². The lowest BCUT2D eigenvalue weighted by molar-refractivity contribution is -0.138. The van der Waals surface area contributed by atoms with Crippen LogP contribution in [0.1, 0.15) is 62.7 Å². The molecule has 2 heterocycles. The van der Waals surface area contributed by atoms with Crippen LogP contribution in [0.3, 0.4) is 0 Å². The minimum absolute atomic E-state index is 0.130. The number of carbonyl (C=O) groups excluding carboxylic acids is 4. The zero-order valence-electron chi connectivity index (χ0n) is 23.1. The van der Waals surface area contributed by atoms with E-state index in [1.165, 1.54) is 0 Å². The fourth-order valence-electron chi connectivity index (χ4n) is 4.93. The van der Waals surface area contributed by atoms with Gasteiger partial charge in [-0.15, -0.1) is 0 Å². The van der Waals surface area contributed by atoms with Crippen LogP contribution >= 0.6 is 0 Å². The van der Waals surface area contributed by atoms with Crippen molar-refractivity contribution in [3.63, 3.8) is 0 Å². The zero-order valence-corrected chi connectivity index (χ0v) is 23.1. The van der Waals surface area contributed by atoms with Gasteiger partial charge in [0.25, 0.3) is 5.91 Å². The molecule has 1 aromatic rings. The molecule has 0 radical (unpaired) electrons. The summed E-state index contributed by atoms with van der Waals surface area (Å²) in [5.41, 5.74) is 0.280. The van der Waals surface area contributed by atoms with Gasteiger partial charge in [0.2, 0.25) is 17.7 Å². The molecule has 10 nitrogen and oxygen atoms in total. The first kappa shape index (κ1) is 29.4. The molecule has 10 heteroatoms. The van der Waals surface area contributed by atoms with Crippen molar-refractivity contribution in [2.75, 3.05) is 40.3 Å². The minimum atomic E-state index is -1.10. The first-order valence-corrected chi connectivity index (χ1v) is 13.7. The summed E-state index contributed by atoms with van der Waals surface area (Å²) in [7, 11) is 3.98. The van der Waals surface area contributed by atoms with Crippen molar-refractivity contribution >= 4 is 23.6 Å². The van der Waals surface area contributed by atoms with Crippen LogP contribution in [0, 0.1) is 5.92 Å². The van der Waals surface area contributed by atoms with Gasteiger partial charge in [-0.05, 0) is 70.8 Å². The Morgan fingerprint density at radius 1 is 1.16 bits per heavy atom. The molecule has 2 aliphatic rings. The molecule has 0 unspecified atom stereocenters. The Kier molecular flexibility index (Phi) is 10.9. The molecule has 3 rings (SSSR count). The lowest BCUT2D eigenvalue weighted by atomic mass is 10.0. The van der Waals surface area contributed by atoms with Gasteiger partial charge >= 0.3 is 0 Å². The third-order valence-corrected chi connectivity index (χ3v) is 6.91. The van der Waals surface area contributed by atoms with Crippen molar-refractivity contribution in [3.05, 3.63) is 29.8 Å². The molecule has 2 aliphatic heterocycles. The topological polar surface area (TPSA) is 120 Å². The van der Waals surface area contributed by atoms with Crippen molar-refractivity contribution in [1.29, 1.82) is 0 Å². The second-order valence-electron chi connectivity index (χ2n) is 10.9. The quantitative estimate of drug-likeness (QED) is 0.440. The maximum atomic E-state index is 13.5. The summed E-state index contributed by atoms with van der Waals surface area (Å²) in [6, 6.07) is 4.89. The number of ether oxygens (including phenoxy) is 1. The molecule has 3 atom stereocenters. The molecule has 0 aliphatic carbocycles. The van der Waals surface area contributed by atoms with Crippen LogP contribution in [-0.2, 0) is 14.4 Å². The molecule has 1 saturated heterocycles. The van der Waals surface area contributed by atoms with E-state index in [9.17, 15) is 19.2 Å². The van der Waals surface area contributed by atoms with Crippen LogP contribution < -0.4 is 20.7 Å². The van der Waals surface area contributed by atoms with Crippen LogP contribution in [0.2, 0.25) is 0 Å². The van der Waals surface area contributed by atoms with E-state index in [0.717, 1.165) is 32.2 Å². The van der Waals surface area contributed by atoms with Crippen LogP contribution in [0.25, 0.3) is 0 Å². The van der Waals surface area contributed by atoms with Gasteiger partial charge in [-0.2, -0.15) is 0 Å². The van der Waals surface area contributed by atoms with Crippen LogP contribution in [-0.4, -0.2) is 91.9 Å². The molecule has 0 saturated carbocycles. The Balaban J connectivity index is 1.84. The summed E-state index contributed by atoms with van der Waals surface area (Å²) in [6.45, 7) is 6.18. The van der Waals surface area contributed by atoms with Gasteiger partial charge in [0.1, 0.15) is 24.4 Å². The van der Waals surface area contributed by atoms with Crippen LogP contribution in [0.15, 0.2) is 24.3 Å². The predicted molar refractivity (Wildman–Crippen MR) is 145 cm³/mol. The Hall–Kier alpha value is -3.14. The first-order chi connectivity index (χ1) is 18.2. The number of carbonyl (C=O) groups is 4. The molecule has 210 valence electrons. The molecule has 0 aromatic heterocycles. The number of unbranched alkanes of at least 4 members (excludes halogenated alkanes) is 1. The van der Waals surface area contributed by atoms with Crippen molar-refractivity contribution in [3.8, 4) is 5.75 Å². The number of amides is 4. The number of hydrogen-bond donors (Lipinski definition) is 3. The lowest BCUT2D eigenvalue weighted by Gasteiger charge is -2.31. The average molecular weight is 530 g/mol. The largest absolute Gasteiger partial charge is 0.491 e. The highest BCUT2D eigenvalue weighted by Gasteiger charge is 2.36. The summed E-state index contributed by atoms with van der Waals surface area (Å²) in [6.07, 6.45) is 3.53. The van der Waals surface area contributed by atoms with E-state index in [-0.39, 0.29) is 36.5 Å².